The predicted molar refractivity (Wildman–Crippen MR) is 204 cm³/mol. The van der Waals surface area contributed by atoms with E-state index in [9.17, 15) is 51.6 Å². The molecule has 1 aromatic heterocycles. The molecule has 3 rings (SSSR count). The zero-order valence-electron chi connectivity index (χ0n) is 31.2. The van der Waals surface area contributed by atoms with E-state index in [1.807, 2.05) is 0 Å². The molecule has 0 unspecified atom stereocenters. The van der Waals surface area contributed by atoms with Crippen LogP contribution < -0.4 is 37.6 Å². The minimum atomic E-state index is -4.85. The zero-order chi connectivity index (χ0) is 41.7. The lowest BCUT2D eigenvalue weighted by Gasteiger charge is -2.28. The Balaban J connectivity index is 2.11. The van der Waals surface area contributed by atoms with Crippen molar-refractivity contribution in [3.63, 3.8) is 0 Å². The number of carbonyl (C=O) groups is 7. The summed E-state index contributed by atoms with van der Waals surface area (Å²) in [7, 11) is -4.85. The second-order valence-electron chi connectivity index (χ2n) is 13.3. The number of aromatic hydroxyl groups is 1. The van der Waals surface area contributed by atoms with E-state index in [0.717, 1.165) is 17.4 Å². The molecule has 0 radical (unpaired) electrons. The fourth-order valence-electron chi connectivity index (χ4n) is 5.37. The van der Waals surface area contributed by atoms with Gasteiger partial charge in [-0.15, -0.1) is 11.3 Å². The van der Waals surface area contributed by atoms with Crippen LogP contribution in [0.3, 0.4) is 0 Å². The first-order chi connectivity index (χ1) is 26.3. The molecule has 1 aromatic carbocycles. The van der Waals surface area contributed by atoms with E-state index in [4.69, 9.17) is 5.73 Å². The molecule has 2 bridgehead atoms. The number of phenolic OH excluding ortho intramolecular Hbond substituents is 1. The number of aromatic nitrogens is 1. The van der Waals surface area contributed by atoms with E-state index in [2.05, 4.69) is 36.9 Å². The lowest BCUT2D eigenvalue weighted by molar-refractivity contribution is -0.141. The molecule has 0 spiro atoms. The molecule has 2 heterocycles. The average molecular weight is 821 g/mol. The summed E-state index contributed by atoms with van der Waals surface area (Å²) in [4.78, 5) is 98.0. The maximum atomic E-state index is 13.8. The highest BCUT2D eigenvalue weighted by Crippen LogP contribution is 2.24. The third-order valence-corrected chi connectivity index (χ3v) is 10.4. The third kappa shape index (κ3) is 13.8. The second kappa shape index (κ2) is 20.6. The van der Waals surface area contributed by atoms with E-state index in [0.29, 0.717) is 23.4 Å². The molecule has 1 aliphatic heterocycles. The molecular formula is C35H48N8O11S2. The minimum absolute atomic E-state index is 0.00175. The summed E-state index contributed by atoms with van der Waals surface area (Å²) in [6.45, 7) is 5.78. The number of amides is 6. The van der Waals surface area contributed by atoms with Crippen LogP contribution in [-0.4, -0.2) is 107 Å². The Hall–Kier alpha value is -5.25. The number of benzene rings is 1. The van der Waals surface area contributed by atoms with E-state index in [-0.39, 0.29) is 24.3 Å². The van der Waals surface area contributed by atoms with Gasteiger partial charge in [0.15, 0.2) is 0 Å². The number of fused-ring (bicyclic) bond motifs is 2. The molecule has 0 saturated carbocycles. The second-order valence-corrected chi connectivity index (χ2v) is 15.7. The van der Waals surface area contributed by atoms with Gasteiger partial charge in [0.25, 0.3) is 16.0 Å². The smallest absolute Gasteiger partial charge is 0.290 e. The van der Waals surface area contributed by atoms with Crippen LogP contribution in [-0.2, 0) is 50.1 Å². The third-order valence-electron chi connectivity index (χ3n) is 8.69. The Morgan fingerprint density at radius 2 is 1.62 bits per heavy atom. The Morgan fingerprint density at radius 3 is 2.23 bits per heavy atom. The Morgan fingerprint density at radius 1 is 0.946 bits per heavy atom. The lowest BCUT2D eigenvalue weighted by atomic mass is 9.94. The maximum absolute atomic E-state index is 13.8. The number of ketones is 1. The predicted octanol–water partition coefficient (Wildman–Crippen LogP) is -1.02. The number of thiazole rings is 1. The topological polar surface area (TPSA) is 305 Å². The molecule has 7 atom stereocenters. The maximum Gasteiger partial charge on any atom is 0.290 e. The number of Topliss-reactive ketones (excluding diaryl/α,β-unsaturated/α-hetero) is 1. The van der Waals surface area contributed by atoms with Crippen LogP contribution in [0.25, 0.3) is 6.08 Å². The minimum Gasteiger partial charge on any atom is -0.508 e. The number of nitrogens with two attached hydrogens (primary N) is 1. The summed E-state index contributed by atoms with van der Waals surface area (Å²) >= 11 is 1.08. The number of hydrogen-bond donors (Lipinski definition) is 9. The van der Waals surface area contributed by atoms with E-state index < -0.39 is 106 Å². The first-order valence-corrected chi connectivity index (χ1v) is 20.3. The molecule has 0 fully saturated rings. The van der Waals surface area contributed by atoms with Crippen molar-refractivity contribution in [1.29, 1.82) is 0 Å². The van der Waals surface area contributed by atoms with Crippen molar-refractivity contribution in [2.75, 3.05) is 12.3 Å². The molecule has 19 nitrogen and oxygen atoms in total. The quantitative estimate of drug-likeness (QED) is 0.103. The van der Waals surface area contributed by atoms with Crippen LogP contribution in [0.15, 0.2) is 35.7 Å². The average Bonchev–Trinajstić information content (AvgIpc) is 3.62. The number of rotatable bonds is 10. The molecule has 2 aromatic rings. The largest absolute Gasteiger partial charge is 0.508 e. The van der Waals surface area contributed by atoms with Gasteiger partial charge in [-0.05, 0) is 49.5 Å². The van der Waals surface area contributed by atoms with Crippen LogP contribution in [0, 0.1) is 5.92 Å². The monoisotopic (exact) mass is 820 g/mol. The van der Waals surface area contributed by atoms with Crippen LogP contribution in [0.2, 0.25) is 0 Å². The molecule has 0 saturated heterocycles. The van der Waals surface area contributed by atoms with Crippen molar-refractivity contribution in [1.82, 2.24) is 36.9 Å². The van der Waals surface area contributed by atoms with Crippen LogP contribution >= 0.6 is 11.3 Å². The number of carbonyl (C=O) groups excluding carboxylic acids is 7. The summed E-state index contributed by atoms with van der Waals surface area (Å²) in [5.74, 6) is -8.56. The SMILES string of the molecule is CCC[C@@H]1NC(=O)[C@@H](NC(=O)[C@H](C)N)CNC(=O)[C@H](CS(=O)(=O)O)NC(=O)/C=C/c2csc(n2)[C@H](Cc2ccc(O)cc2)NC(=O)C(=O)[C@H]([C@@H](C)CC)NC1=O. The molecular weight excluding hydrogens is 773 g/mol. The Kier molecular flexibility index (Phi) is 16.6. The summed E-state index contributed by atoms with van der Waals surface area (Å²) in [6.07, 6.45) is 3.05. The molecule has 10 N–H and O–H groups in total. The van der Waals surface area contributed by atoms with Gasteiger partial charge in [0.2, 0.25) is 35.3 Å². The normalized spacial score (nSPS) is 23.8. The first kappa shape index (κ1) is 45.1. The van der Waals surface area contributed by atoms with Gasteiger partial charge in [0.05, 0.1) is 23.8 Å². The molecule has 306 valence electrons. The van der Waals surface area contributed by atoms with Gasteiger partial charge in [-0.25, -0.2) is 4.98 Å². The summed E-state index contributed by atoms with van der Waals surface area (Å²) < 4.78 is 33.2. The van der Waals surface area contributed by atoms with Gasteiger partial charge in [0, 0.05) is 18.0 Å². The van der Waals surface area contributed by atoms with Crippen molar-refractivity contribution < 1.29 is 51.6 Å². The Labute approximate surface area is 327 Å². The van der Waals surface area contributed by atoms with E-state index in [1.165, 1.54) is 30.5 Å². The fourth-order valence-corrected chi connectivity index (χ4v) is 6.87. The van der Waals surface area contributed by atoms with Crippen LogP contribution in [0.4, 0.5) is 0 Å². The van der Waals surface area contributed by atoms with Crippen molar-refractivity contribution in [2.24, 2.45) is 11.7 Å². The highest BCUT2D eigenvalue weighted by Gasteiger charge is 2.36. The number of hydrogen-bond acceptors (Lipinski definition) is 13. The zero-order valence-corrected chi connectivity index (χ0v) is 32.9. The summed E-state index contributed by atoms with van der Waals surface area (Å²) in [5, 5.41) is 26.2. The standard InChI is InChI=1S/C35H48N8O11S2/c1-5-7-23-32(49)43-28(18(3)6-2)29(46)34(51)41-24(14-20-8-11-22(44)12-9-20)35-38-21(16-55-35)10-13-27(45)39-26(17-56(52,53)54)31(48)37-15-25(33(50)40-23)42-30(47)19(4)36/h8-13,16,18-19,23-26,28,44H,5-7,14-15,17,36H2,1-4H3,(H,37,48)(H,39,45)(H,40,50)(H,41,51)(H,42,47)(H,43,49)(H,52,53,54)/b13-10+/t18-,19-,23-,24-,25-,26-,28-/m0/s1. The van der Waals surface area contributed by atoms with Crippen LogP contribution in [0.5, 0.6) is 5.75 Å². The fraction of sp³-hybridized carbons (Fsp3) is 0.486. The molecule has 6 amide bonds. The highest BCUT2D eigenvalue weighted by atomic mass is 32.2. The van der Waals surface area contributed by atoms with Crippen molar-refractivity contribution >= 4 is 68.8 Å². The summed E-state index contributed by atoms with van der Waals surface area (Å²) in [5.41, 5.74) is 6.53. The van der Waals surface area contributed by atoms with Gasteiger partial charge >= 0.3 is 0 Å². The number of nitrogens with zero attached hydrogens (tertiary/aromatic N) is 1. The van der Waals surface area contributed by atoms with Gasteiger partial charge in [-0.1, -0.05) is 45.7 Å². The molecule has 0 aliphatic carbocycles. The van der Waals surface area contributed by atoms with Gasteiger partial charge < -0.3 is 42.7 Å². The Bertz CT molecular complexity index is 1900. The summed E-state index contributed by atoms with van der Waals surface area (Å²) in [6, 6.07) is -2.03. The van der Waals surface area contributed by atoms with Crippen molar-refractivity contribution in [3.05, 3.63) is 52.0 Å². The van der Waals surface area contributed by atoms with Crippen molar-refractivity contribution in [3.8, 4) is 5.75 Å². The van der Waals surface area contributed by atoms with E-state index >= 15 is 0 Å². The van der Waals surface area contributed by atoms with E-state index in [1.54, 1.807) is 32.9 Å². The number of phenols is 1. The number of nitrogens with one attached hydrogen (secondary N) is 6. The molecule has 56 heavy (non-hydrogen) atoms. The van der Waals surface area contributed by atoms with Gasteiger partial charge in [-0.3, -0.25) is 38.1 Å². The van der Waals surface area contributed by atoms with Gasteiger partial charge in [0.1, 0.15) is 34.6 Å². The van der Waals surface area contributed by atoms with Crippen molar-refractivity contribution in [2.45, 2.75) is 89.6 Å². The lowest BCUT2D eigenvalue weighted by Crippen LogP contribution is -2.61. The highest BCUT2D eigenvalue weighted by molar-refractivity contribution is 7.85. The molecule has 21 heteroatoms. The first-order valence-electron chi connectivity index (χ1n) is 17.8. The van der Waals surface area contributed by atoms with Gasteiger partial charge in [-0.2, -0.15) is 8.42 Å². The van der Waals surface area contributed by atoms with Crippen LogP contribution in [0.1, 0.15) is 69.3 Å². The molecule has 1 aliphatic rings.